The first kappa shape index (κ1) is 15.2. The molecule has 0 saturated heterocycles. The summed E-state index contributed by atoms with van der Waals surface area (Å²) in [5.74, 6) is 0.709. The first-order chi connectivity index (χ1) is 8.77. The maximum absolute atomic E-state index is 5.15. The Bertz CT molecular complexity index is 325. The van der Waals surface area contributed by atoms with Gasteiger partial charge in [-0.15, -0.1) is 0 Å². The summed E-state index contributed by atoms with van der Waals surface area (Å²) in [6.07, 6.45) is 3.55. The zero-order valence-electron chi connectivity index (χ0n) is 12.0. The van der Waals surface area contributed by atoms with Gasteiger partial charge in [0.15, 0.2) is 0 Å². The van der Waals surface area contributed by atoms with Crippen LogP contribution in [0.4, 0.5) is 0 Å². The topological polar surface area (TPSA) is 21.3 Å². The molecule has 1 atom stereocenters. The van der Waals surface area contributed by atoms with E-state index in [4.69, 9.17) is 4.74 Å². The van der Waals surface area contributed by atoms with Crippen LogP contribution < -0.4 is 5.32 Å². The second-order valence-electron chi connectivity index (χ2n) is 4.94. The van der Waals surface area contributed by atoms with E-state index in [1.807, 2.05) is 0 Å². The highest BCUT2D eigenvalue weighted by Crippen LogP contribution is 2.16. The summed E-state index contributed by atoms with van der Waals surface area (Å²) in [4.78, 5) is 0. The number of ether oxygens (including phenoxy) is 1. The van der Waals surface area contributed by atoms with Crippen LogP contribution in [0.2, 0.25) is 0 Å². The quantitative estimate of drug-likeness (QED) is 0.679. The minimum Gasteiger partial charge on any atom is -0.385 e. The Kier molecular flexibility index (Phi) is 7.70. The minimum absolute atomic E-state index is 0.709. The van der Waals surface area contributed by atoms with Gasteiger partial charge in [-0.3, -0.25) is 0 Å². The van der Waals surface area contributed by atoms with Crippen LogP contribution in [0, 0.1) is 12.8 Å². The molecule has 1 aromatic rings. The van der Waals surface area contributed by atoms with Crippen LogP contribution in [-0.4, -0.2) is 26.8 Å². The molecule has 0 spiro atoms. The molecule has 1 N–H and O–H groups in total. The van der Waals surface area contributed by atoms with E-state index in [2.05, 4.69) is 43.4 Å². The second kappa shape index (κ2) is 9.12. The zero-order valence-corrected chi connectivity index (χ0v) is 12.0. The first-order valence-electron chi connectivity index (χ1n) is 7.02. The fraction of sp³-hybridized carbons (Fsp3) is 0.625. The van der Waals surface area contributed by atoms with Gasteiger partial charge in [0.2, 0.25) is 0 Å². The molecule has 0 fully saturated rings. The maximum atomic E-state index is 5.15. The molecule has 0 amide bonds. The van der Waals surface area contributed by atoms with Crippen LogP contribution in [0.3, 0.4) is 0 Å². The zero-order chi connectivity index (χ0) is 13.2. The van der Waals surface area contributed by atoms with E-state index < -0.39 is 0 Å². The van der Waals surface area contributed by atoms with E-state index in [0.29, 0.717) is 5.92 Å². The van der Waals surface area contributed by atoms with Gasteiger partial charge in [0.05, 0.1) is 0 Å². The van der Waals surface area contributed by atoms with Crippen molar-refractivity contribution in [2.45, 2.75) is 33.1 Å². The lowest BCUT2D eigenvalue weighted by Gasteiger charge is -2.18. The fourth-order valence-corrected chi connectivity index (χ4v) is 2.29. The highest BCUT2D eigenvalue weighted by atomic mass is 16.5. The van der Waals surface area contributed by atoms with E-state index in [1.54, 1.807) is 7.11 Å². The molecular weight excluding hydrogens is 222 g/mol. The standard InChI is InChI=1S/C16H27NO/c1-4-17-13-15(9-7-11-18-3)12-16-10-6-5-8-14(16)2/h5-6,8,10,15,17H,4,7,9,11-13H2,1-3H3. The van der Waals surface area contributed by atoms with Gasteiger partial charge in [-0.2, -0.15) is 0 Å². The summed E-state index contributed by atoms with van der Waals surface area (Å²) < 4.78 is 5.15. The van der Waals surface area contributed by atoms with Crippen molar-refractivity contribution in [3.63, 3.8) is 0 Å². The highest BCUT2D eigenvalue weighted by molar-refractivity contribution is 5.25. The first-order valence-corrected chi connectivity index (χ1v) is 7.02. The van der Waals surface area contributed by atoms with Gasteiger partial charge >= 0.3 is 0 Å². The number of hydrogen-bond donors (Lipinski definition) is 1. The molecule has 102 valence electrons. The Balaban J connectivity index is 2.51. The van der Waals surface area contributed by atoms with E-state index in [0.717, 1.165) is 26.1 Å². The molecule has 0 aliphatic carbocycles. The van der Waals surface area contributed by atoms with Crippen molar-refractivity contribution in [2.75, 3.05) is 26.8 Å². The molecule has 2 nitrogen and oxygen atoms in total. The van der Waals surface area contributed by atoms with E-state index in [-0.39, 0.29) is 0 Å². The van der Waals surface area contributed by atoms with Crippen molar-refractivity contribution < 1.29 is 4.74 Å². The summed E-state index contributed by atoms with van der Waals surface area (Å²) in [6, 6.07) is 8.71. The molecule has 0 heterocycles. The molecule has 1 aromatic carbocycles. The van der Waals surface area contributed by atoms with Crippen molar-refractivity contribution >= 4 is 0 Å². The average molecular weight is 249 g/mol. The summed E-state index contributed by atoms with van der Waals surface area (Å²) >= 11 is 0. The number of aryl methyl sites for hydroxylation is 1. The van der Waals surface area contributed by atoms with E-state index >= 15 is 0 Å². The Labute approximate surface area is 112 Å². The molecule has 0 bridgehead atoms. The van der Waals surface area contributed by atoms with Crippen LogP contribution in [-0.2, 0) is 11.2 Å². The average Bonchev–Trinajstić information content (AvgIpc) is 2.38. The van der Waals surface area contributed by atoms with Crippen molar-refractivity contribution in [3.05, 3.63) is 35.4 Å². The molecule has 0 aromatic heterocycles. The predicted octanol–water partition coefficient (Wildman–Crippen LogP) is 3.19. The van der Waals surface area contributed by atoms with Crippen LogP contribution in [0.1, 0.15) is 30.9 Å². The molecule has 0 saturated carbocycles. The number of methoxy groups -OCH3 is 1. The van der Waals surface area contributed by atoms with Crippen LogP contribution in [0.5, 0.6) is 0 Å². The largest absolute Gasteiger partial charge is 0.385 e. The number of rotatable bonds is 9. The van der Waals surface area contributed by atoms with E-state index in [9.17, 15) is 0 Å². The van der Waals surface area contributed by atoms with Gasteiger partial charge in [-0.05, 0) is 56.3 Å². The summed E-state index contributed by atoms with van der Waals surface area (Å²) in [5.41, 5.74) is 2.89. The third kappa shape index (κ3) is 5.65. The normalized spacial score (nSPS) is 12.6. The smallest absolute Gasteiger partial charge is 0.0462 e. The van der Waals surface area contributed by atoms with Crippen molar-refractivity contribution in [2.24, 2.45) is 5.92 Å². The van der Waals surface area contributed by atoms with Gasteiger partial charge in [-0.25, -0.2) is 0 Å². The predicted molar refractivity (Wildman–Crippen MR) is 78.0 cm³/mol. The summed E-state index contributed by atoms with van der Waals surface area (Å²) in [5, 5.41) is 3.47. The minimum atomic E-state index is 0.709. The van der Waals surface area contributed by atoms with Gasteiger partial charge < -0.3 is 10.1 Å². The van der Waals surface area contributed by atoms with Gasteiger partial charge in [0.1, 0.15) is 0 Å². The monoisotopic (exact) mass is 249 g/mol. The Morgan fingerprint density at radius 3 is 2.72 bits per heavy atom. The Hall–Kier alpha value is -0.860. The van der Waals surface area contributed by atoms with Crippen molar-refractivity contribution in [1.82, 2.24) is 5.32 Å². The maximum Gasteiger partial charge on any atom is 0.0462 e. The van der Waals surface area contributed by atoms with Crippen LogP contribution in [0.25, 0.3) is 0 Å². The number of benzene rings is 1. The summed E-state index contributed by atoms with van der Waals surface area (Å²) in [6.45, 7) is 7.40. The number of hydrogen-bond acceptors (Lipinski definition) is 2. The third-order valence-corrected chi connectivity index (χ3v) is 3.41. The molecule has 0 aliphatic heterocycles. The lowest BCUT2D eigenvalue weighted by molar-refractivity contribution is 0.186. The molecule has 2 heteroatoms. The molecule has 0 radical (unpaired) electrons. The van der Waals surface area contributed by atoms with E-state index in [1.165, 1.54) is 24.0 Å². The van der Waals surface area contributed by atoms with Crippen LogP contribution in [0.15, 0.2) is 24.3 Å². The van der Waals surface area contributed by atoms with Gasteiger partial charge in [0.25, 0.3) is 0 Å². The van der Waals surface area contributed by atoms with Crippen molar-refractivity contribution in [3.8, 4) is 0 Å². The SMILES string of the molecule is CCNCC(CCCOC)Cc1ccccc1C. The van der Waals surface area contributed by atoms with Gasteiger partial charge in [-0.1, -0.05) is 31.2 Å². The molecule has 0 aliphatic rings. The highest BCUT2D eigenvalue weighted by Gasteiger charge is 2.10. The lowest BCUT2D eigenvalue weighted by atomic mass is 9.92. The Morgan fingerprint density at radius 1 is 1.28 bits per heavy atom. The number of nitrogens with one attached hydrogen (secondary N) is 1. The second-order valence-corrected chi connectivity index (χ2v) is 4.94. The van der Waals surface area contributed by atoms with Gasteiger partial charge in [0, 0.05) is 13.7 Å². The molecule has 1 rings (SSSR count). The molecule has 1 unspecified atom stereocenters. The fourth-order valence-electron chi connectivity index (χ4n) is 2.29. The van der Waals surface area contributed by atoms with Crippen molar-refractivity contribution in [1.29, 1.82) is 0 Å². The Morgan fingerprint density at radius 2 is 2.06 bits per heavy atom. The van der Waals surface area contributed by atoms with Crippen LogP contribution >= 0.6 is 0 Å². The molecule has 18 heavy (non-hydrogen) atoms. The lowest BCUT2D eigenvalue weighted by Crippen LogP contribution is -2.24. The summed E-state index contributed by atoms with van der Waals surface area (Å²) in [7, 11) is 1.78. The third-order valence-electron chi connectivity index (χ3n) is 3.41. The molecular formula is C16H27NO.